The summed E-state index contributed by atoms with van der Waals surface area (Å²) in [5.74, 6) is 2.42. The van der Waals surface area contributed by atoms with Gasteiger partial charge in [-0.3, -0.25) is 4.68 Å². The van der Waals surface area contributed by atoms with Crippen LogP contribution in [0.3, 0.4) is 0 Å². The van der Waals surface area contributed by atoms with Crippen molar-refractivity contribution in [1.29, 1.82) is 0 Å². The van der Waals surface area contributed by atoms with Gasteiger partial charge < -0.3 is 15.0 Å². The van der Waals surface area contributed by atoms with Gasteiger partial charge in [-0.2, -0.15) is 5.10 Å². The highest BCUT2D eigenvalue weighted by Crippen LogP contribution is 2.26. The van der Waals surface area contributed by atoms with Crippen LogP contribution < -0.4 is 10.1 Å². The fourth-order valence-electron chi connectivity index (χ4n) is 3.63. The van der Waals surface area contributed by atoms with Crippen LogP contribution in [0.4, 0.5) is 0 Å². The molecule has 0 bridgehead atoms. The van der Waals surface area contributed by atoms with Crippen LogP contribution in [0, 0.1) is 13.8 Å². The molecule has 1 aliphatic rings. The first kappa shape index (κ1) is 19.3. The summed E-state index contributed by atoms with van der Waals surface area (Å²) in [6.45, 7) is 10.4. The van der Waals surface area contributed by atoms with Gasteiger partial charge in [0.2, 0.25) is 0 Å². The van der Waals surface area contributed by atoms with E-state index < -0.39 is 0 Å². The van der Waals surface area contributed by atoms with Crippen LogP contribution in [0.5, 0.6) is 5.75 Å². The Kier molecular flexibility index (Phi) is 6.37. The van der Waals surface area contributed by atoms with Crippen molar-refractivity contribution in [3.63, 3.8) is 0 Å². The Bertz CT molecular complexity index is 762. The topological polar surface area (TPSA) is 54.7 Å². The molecule has 1 aliphatic heterocycles. The van der Waals surface area contributed by atoms with E-state index in [4.69, 9.17) is 9.73 Å². The molecule has 1 saturated heterocycles. The molecular weight excluding hydrogens is 338 g/mol. The summed E-state index contributed by atoms with van der Waals surface area (Å²) in [5, 5.41) is 7.72. The van der Waals surface area contributed by atoms with Crippen molar-refractivity contribution < 1.29 is 4.74 Å². The quantitative estimate of drug-likeness (QED) is 0.483. The molecule has 0 aliphatic carbocycles. The molecule has 2 heterocycles. The van der Waals surface area contributed by atoms with Gasteiger partial charge in [-0.1, -0.05) is 6.07 Å². The van der Waals surface area contributed by atoms with Crippen molar-refractivity contribution in [2.24, 2.45) is 12.0 Å². The van der Waals surface area contributed by atoms with E-state index in [9.17, 15) is 0 Å². The second-order valence-corrected chi connectivity index (χ2v) is 7.29. The minimum Gasteiger partial charge on any atom is -0.492 e. The van der Waals surface area contributed by atoms with Crippen molar-refractivity contribution in [3.05, 3.63) is 47.3 Å². The third-order valence-corrected chi connectivity index (χ3v) is 4.84. The third kappa shape index (κ3) is 5.25. The summed E-state index contributed by atoms with van der Waals surface area (Å²) in [5.41, 5.74) is 3.76. The zero-order chi connectivity index (χ0) is 19.2. The molecule has 3 rings (SSSR count). The van der Waals surface area contributed by atoms with Gasteiger partial charge in [0.15, 0.2) is 5.96 Å². The molecule has 0 amide bonds. The van der Waals surface area contributed by atoms with Gasteiger partial charge in [0.05, 0.1) is 12.7 Å². The van der Waals surface area contributed by atoms with Crippen LogP contribution >= 0.6 is 0 Å². The van der Waals surface area contributed by atoms with Crippen LogP contribution in [-0.4, -0.2) is 53.4 Å². The van der Waals surface area contributed by atoms with E-state index in [0.29, 0.717) is 19.1 Å². The maximum Gasteiger partial charge on any atom is 0.194 e. The van der Waals surface area contributed by atoms with Crippen molar-refractivity contribution in [1.82, 2.24) is 20.0 Å². The minimum atomic E-state index is 0.522. The lowest BCUT2D eigenvalue weighted by molar-refractivity contribution is 0.327. The average molecular weight is 370 g/mol. The summed E-state index contributed by atoms with van der Waals surface area (Å²) < 4.78 is 7.76. The molecule has 0 radical (unpaired) electrons. The van der Waals surface area contributed by atoms with E-state index in [0.717, 1.165) is 37.8 Å². The average Bonchev–Trinajstić information content (AvgIpc) is 3.26. The number of aromatic nitrogens is 2. The number of nitrogens with zero attached hydrogens (tertiary/aromatic N) is 4. The smallest absolute Gasteiger partial charge is 0.194 e. The maximum absolute atomic E-state index is 5.89. The Morgan fingerprint density at radius 3 is 2.74 bits per heavy atom. The Labute approximate surface area is 162 Å². The first-order valence-electron chi connectivity index (χ1n) is 9.78. The van der Waals surface area contributed by atoms with Crippen LogP contribution in [0.2, 0.25) is 0 Å². The first-order chi connectivity index (χ1) is 13.0. The number of aliphatic imine (C=N–C) groups is 1. The molecule has 1 aromatic carbocycles. The van der Waals surface area contributed by atoms with Gasteiger partial charge >= 0.3 is 0 Å². The summed E-state index contributed by atoms with van der Waals surface area (Å²) in [7, 11) is 1.97. The molecule has 1 fully saturated rings. The molecule has 1 N–H and O–H groups in total. The molecule has 27 heavy (non-hydrogen) atoms. The zero-order valence-corrected chi connectivity index (χ0v) is 16.9. The number of hydrogen-bond donors (Lipinski definition) is 1. The number of aryl methyl sites for hydroxylation is 3. The van der Waals surface area contributed by atoms with Gasteiger partial charge in [0.25, 0.3) is 0 Å². The van der Waals surface area contributed by atoms with Gasteiger partial charge in [-0.05, 0) is 56.0 Å². The van der Waals surface area contributed by atoms with Crippen LogP contribution in [0.25, 0.3) is 0 Å². The van der Waals surface area contributed by atoms with Crippen molar-refractivity contribution in [2.75, 3.05) is 32.8 Å². The van der Waals surface area contributed by atoms with E-state index >= 15 is 0 Å². The zero-order valence-electron chi connectivity index (χ0n) is 16.9. The highest BCUT2D eigenvalue weighted by atomic mass is 16.5. The normalized spacial score (nSPS) is 17.4. The number of rotatable bonds is 6. The van der Waals surface area contributed by atoms with E-state index in [1.165, 1.54) is 16.7 Å². The second-order valence-electron chi connectivity index (χ2n) is 7.29. The van der Waals surface area contributed by atoms with Gasteiger partial charge in [-0.25, -0.2) is 4.99 Å². The fraction of sp³-hybridized carbons (Fsp3) is 0.524. The van der Waals surface area contributed by atoms with E-state index in [-0.39, 0.29) is 0 Å². The Morgan fingerprint density at radius 1 is 1.30 bits per heavy atom. The van der Waals surface area contributed by atoms with Crippen LogP contribution in [0.15, 0.2) is 35.6 Å². The lowest BCUT2D eigenvalue weighted by atomic mass is 10.0. The van der Waals surface area contributed by atoms with Crippen LogP contribution in [-0.2, 0) is 7.05 Å². The molecule has 1 atom stereocenters. The Balaban J connectivity index is 1.55. The van der Waals surface area contributed by atoms with Gasteiger partial charge in [0.1, 0.15) is 12.4 Å². The second kappa shape index (κ2) is 8.93. The van der Waals surface area contributed by atoms with Crippen molar-refractivity contribution >= 4 is 5.96 Å². The van der Waals surface area contributed by atoms with Crippen LogP contribution in [0.1, 0.15) is 36.0 Å². The van der Waals surface area contributed by atoms with Crippen molar-refractivity contribution in [3.8, 4) is 5.75 Å². The number of guanidine groups is 1. The predicted molar refractivity (Wildman–Crippen MR) is 110 cm³/mol. The SMILES string of the molecule is CCNC(=NCCOc1cc(C)cc(C)c1)N1CCC(c2cnn(C)c2)C1. The molecule has 1 unspecified atom stereocenters. The highest BCUT2D eigenvalue weighted by Gasteiger charge is 2.26. The summed E-state index contributed by atoms with van der Waals surface area (Å²) in [6, 6.07) is 6.29. The number of benzene rings is 1. The number of likely N-dealkylation sites (tertiary alicyclic amines) is 1. The molecule has 6 nitrogen and oxygen atoms in total. The molecular formula is C21H31N5O. The molecule has 2 aromatic rings. The largest absolute Gasteiger partial charge is 0.492 e. The number of nitrogens with one attached hydrogen (secondary N) is 1. The number of ether oxygens (including phenoxy) is 1. The first-order valence-corrected chi connectivity index (χ1v) is 9.78. The van der Waals surface area contributed by atoms with E-state index in [1.54, 1.807) is 0 Å². The molecule has 0 saturated carbocycles. The Hall–Kier alpha value is -2.50. The fourth-order valence-corrected chi connectivity index (χ4v) is 3.63. The van der Waals surface area contributed by atoms with Crippen molar-refractivity contribution in [2.45, 2.75) is 33.1 Å². The van der Waals surface area contributed by atoms with E-state index in [2.05, 4.69) is 60.5 Å². The molecule has 146 valence electrons. The molecule has 1 aromatic heterocycles. The molecule has 6 heteroatoms. The van der Waals surface area contributed by atoms with Gasteiger partial charge in [-0.15, -0.1) is 0 Å². The Morgan fingerprint density at radius 2 is 2.07 bits per heavy atom. The van der Waals surface area contributed by atoms with E-state index in [1.807, 2.05) is 17.9 Å². The third-order valence-electron chi connectivity index (χ3n) is 4.84. The molecule has 0 spiro atoms. The van der Waals surface area contributed by atoms with Gasteiger partial charge in [0, 0.05) is 38.8 Å². The summed E-state index contributed by atoms with van der Waals surface area (Å²) >= 11 is 0. The monoisotopic (exact) mass is 369 g/mol. The summed E-state index contributed by atoms with van der Waals surface area (Å²) in [6.07, 6.45) is 5.24. The maximum atomic E-state index is 5.89. The number of hydrogen-bond acceptors (Lipinski definition) is 3. The lowest BCUT2D eigenvalue weighted by Crippen LogP contribution is -2.40. The highest BCUT2D eigenvalue weighted by molar-refractivity contribution is 5.80. The standard InChI is InChI=1S/C21H31N5O/c1-5-22-21(23-7-9-27-20-11-16(2)10-17(3)12-20)26-8-6-18(15-26)19-13-24-25(4)14-19/h10-14,18H,5-9,15H2,1-4H3,(H,22,23). The lowest BCUT2D eigenvalue weighted by Gasteiger charge is -2.21. The minimum absolute atomic E-state index is 0.522. The summed E-state index contributed by atoms with van der Waals surface area (Å²) in [4.78, 5) is 7.12. The predicted octanol–water partition coefficient (Wildman–Crippen LogP) is 2.87.